The van der Waals surface area contributed by atoms with E-state index in [0.717, 1.165) is 25.7 Å². The lowest BCUT2D eigenvalue weighted by atomic mass is 9.67. The van der Waals surface area contributed by atoms with E-state index >= 15 is 0 Å². The van der Waals surface area contributed by atoms with Gasteiger partial charge in [0, 0.05) is 6.08 Å². The zero-order chi connectivity index (χ0) is 12.2. The smallest absolute Gasteiger partial charge is 0.330 e. The largest absolute Gasteiger partial charge is 0.455 e. The Morgan fingerprint density at radius 2 is 2.00 bits per heavy atom. The third kappa shape index (κ3) is 2.47. The van der Waals surface area contributed by atoms with Gasteiger partial charge in [0.15, 0.2) is 0 Å². The number of hydrogen-bond acceptors (Lipinski definition) is 2. The molecule has 1 rings (SSSR count). The Kier molecular flexibility index (Phi) is 4.57. The van der Waals surface area contributed by atoms with Crippen LogP contribution in [0.2, 0.25) is 0 Å². The van der Waals surface area contributed by atoms with E-state index in [-0.39, 0.29) is 11.6 Å². The number of carbonyl (C=O) groups is 1. The van der Waals surface area contributed by atoms with Crippen molar-refractivity contribution in [1.82, 2.24) is 0 Å². The highest BCUT2D eigenvalue weighted by Crippen LogP contribution is 2.44. The van der Waals surface area contributed by atoms with E-state index in [1.807, 2.05) is 0 Å². The van der Waals surface area contributed by atoms with Gasteiger partial charge in [-0.3, -0.25) is 0 Å². The topological polar surface area (TPSA) is 26.3 Å². The maximum atomic E-state index is 11.5. The highest BCUT2D eigenvalue weighted by molar-refractivity contribution is 5.81. The van der Waals surface area contributed by atoms with Crippen LogP contribution in [-0.4, -0.2) is 11.6 Å². The summed E-state index contributed by atoms with van der Waals surface area (Å²) in [7, 11) is 0. The van der Waals surface area contributed by atoms with E-state index in [1.54, 1.807) is 0 Å². The first-order valence-corrected chi connectivity index (χ1v) is 6.42. The number of hydrogen-bond donors (Lipinski definition) is 0. The van der Waals surface area contributed by atoms with Crippen molar-refractivity contribution < 1.29 is 9.53 Å². The van der Waals surface area contributed by atoms with Gasteiger partial charge in [0.05, 0.1) is 0 Å². The number of esters is 1. The molecule has 0 amide bonds. The third-order valence-electron chi connectivity index (χ3n) is 4.04. The quantitative estimate of drug-likeness (QED) is 0.537. The van der Waals surface area contributed by atoms with Gasteiger partial charge in [-0.2, -0.15) is 0 Å². The highest BCUT2D eigenvalue weighted by atomic mass is 16.6. The van der Waals surface area contributed by atoms with Crippen LogP contribution in [0.1, 0.15) is 52.9 Å². The minimum Gasteiger partial charge on any atom is -0.455 e. The second-order valence-electron chi connectivity index (χ2n) is 5.06. The Hall–Kier alpha value is -0.790. The van der Waals surface area contributed by atoms with Crippen LogP contribution in [0.15, 0.2) is 12.7 Å². The Morgan fingerprint density at radius 3 is 2.44 bits per heavy atom. The van der Waals surface area contributed by atoms with Crippen LogP contribution in [0, 0.1) is 11.8 Å². The van der Waals surface area contributed by atoms with E-state index in [4.69, 9.17) is 4.74 Å². The molecule has 0 N–H and O–H groups in total. The molecular weight excluding hydrogens is 200 g/mol. The summed E-state index contributed by atoms with van der Waals surface area (Å²) in [6.45, 7) is 10.1. The van der Waals surface area contributed by atoms with Crippen LogP contribution in [0.3, 0.4) is 0 Å². The van der Waals surface area contributed by atoms with Crippen molar-refractivity contribution >= 4 is 5.97 Å². The molecule has 2 unspecified atom stereocenters. The van der Waals surface area contributed by atoms with Gasteiger partial charge in [-0.15, -0.1) is 0 Å². The first kappa shape index (κ1) is 13.3. The lowest BCUT2D eigenvalue weighted by Gasteiger charge is -2.46. The van der Waals surface area contributed by atoms with Gasteiger partial charge in [0.2, 0.25) is 0 Å². The fourth-order valence-electron chi connectivity index (χ4n) is 3.07. The normalized spacial score (nSPS) is 34.4. The predicted octanol–water partition coefficient (Wildman–Crippen LogP) is 3.71. The van der Waals surface area contributed by atoms with Gasteiger partial charge in [0.1, 0.15) is 5.60 Å². The monoisotopic (exact) mass is 224 g/mol. The van der Waals surface area contributed by atoms with Crippen LogP contribution in [0.5, 0.6) is 0 Å². The molecule has 2 atom stereocenters. The fourth-order valence-corrected chi connectivity index (χ4v) is 3.07. The Morgan fingerprint density at radius 1 is 1.44 bits per heavy atom. The van der Waals surface area contributed by atoms with Crippen LogP contribution < -0.4 is 0 Å². The van der Waals surface area contributed by atoms with Crippen molar-refractivity contribution in [3.8, 4) is 0 Å². The standard InChI is InChI=1S/C14H24O2/c1-5-10-14(16-13(15)6-2)11(3)8-7-9-12(14)4/h6,11-12H,2,5,7-10H2,1,3-4H3. The summed E-state index contributed by atoms with van der Waals surface area (Å²) in [5.41, 5.74) is -0.252. The maximum Gasteiger partial charge on any atom is 0.330 e. The molecule has 0 aromatic heterocycles. The first-order chi connectivity index (χ1) is 7.56. The predicted molar refractivity (Wildman–Crippen MR) is 66.1 cm³/mol. The minimum absolute atomic E-state index is 0.252. The lowest BCUT2D eigenvalue weighted by Crippen LogP contribution is -2.49. The SMILES string of the molecule is C=CC(=O)OC1(CCC)C(C)CCCC1C. The molecule has 0 heterocycles. The molecule has 0 saturated heterocycles. The fraction of sp³-hybridized carbons (Fsp3) is 0.786. The van der Waals surface area contributed by atoms with Crippen molar-refractivity contribution in [2.75, 3.05) is 0 Å². The van der Waals surface area contributed by atoms with E-state index < -0.39 is 0 Å². The molecule has 16 heavy (non-hydrogen) atoms. The van der Waals surface area contributed by atoms with Crippen LogP contribution >= 0.6 is 0 Å². The molecule has 0 aliphatic heterocycles. The summed E-state index contributed by atoms with van der Waals surface area (Å²) in [5.74, 6) is 0.647. The Balaban J connectivity index is 2.90. The van der Waals surface area contributed by atoms with Crippen molar-refractivity contribution in [3.63, 3.8) is 0 Å². The summed E-state index contributed by atoms with van der Waals surface area (Å²) < 4.78 is 5.74. The number of carbonyl (C=O) groups excluding carboxylic acids is 1. The molecular formula is C14H24O2. The Bertz CT molecular complexity index is 247. The van der Waals surface area contributed by atoms with Crippen molar-refractivity contribution in [2.24, 2.45) is 11.8 Å². The molecule has 1 aliphatic rings. The zero-order valence-electron chi connectivity index (χ0n) is 10.8. The molecule has 1 aliphatic carbocycles. The summed E-state index contributed by atoms with van der Waals surface area (Å²) in [6.07, 6.45) is 6.88. The lowest BCUT2D eigenvalue weighted by molar-refractivity contribution is -0.174. The molecule has 1 saturated carbocycles. The highest BCUT2D eigenvalue weighted by Gasteiger charge is 2.45. The Labute approximate surface area is 99.1 Å². The van der Waals surface area contributed by atoms with Crippen LogP contribution in [0.25, 0.3) is 0 Å². The van der Waals surface area contributed by atoms with Gasteiger partial charge >= 0.3 is 5.97 Å². The summed E-state index contributed by atoms with van der Waals surface area (Å²) in [5, 5.41) is 0. The molecule has 2 nitrogen and oxygen atoms in total. The van der Waals surface area contributed by atoms with Gasteiger partial charge in [-0.25, -0.2) is 4.79 Å². The van der Waals surface area contributed by atoms with Crippen molar-refractivity contribution in [3.05, 3.63) is 12.7 Å². The van der Waals surface area contributed by atoms with Crippen molar-refractivity contribution in [2.45, 2.75) is 58.5 Å². The van der Waals surface area contributed by atoms with Crippen LogP contribution in [0.4, 0.5) is 0 Å². The van der Waals surface area contributed by atoms with Crippen LogP contribution in [-0.2, 0) is 9.53 Å². The first-order valence-electron chi connectivity index (χ1n) is 6.42. The second kappa shape index (κ2) is 5.51. The molecule has 92 valence electrons. The summed E-state index contributed by atoms with van der Waals surface area (Å²) in [4.78, 5) is 11.5. The molecule has 0 radical (unpaired) electrons. The van der Waals surface area contributed by atoms with Gasteiger partial charge in [-0.1, -0.05) is 40.2 Å². The summed E-state index contributed by atoms with van der Waals surface area (Å²) in [6, 6.07) is 0. The zero-order valence-corrected chi connectivity index (χ0v) is 10.8. The van der Waals surface area contributed by atoms with Gasteiger partial charge < -0.3 is 4.74 Å². The molecule has 0 bridgehead atoms. The van der Waals surface area contributed by atoms with Crippen molar-refractivity contribution in [1.29, 1.82) is 0 Å². The van der Waals surface area contributed by atoms with E-state index in [0.29, 0.717) is 11.8 Å². The maximum absolute atomic E-state index is 11.5. The van der Waals surface area contributed by atoms with E-state index in [1.165, 1.54) is 12.5 Å². The van der Waals surface area contributed by atoms with Gasteiger partial charge in [0.25, 0.3) is 0 Å². The molecule has 1 fully saturated rings. The van der Waals surface area contributed by atoms with E-state index in [2.05, 4.69) is 27.4 Å². The average molecular weight is 224 g/mol. The van der Waals surface area contributed by atoms with E-state index in [9.17, 15) is 4.79 Å². The third-order valence-corrected chi connectivity index (χ3v) is 4.04. The van der Waals surface area contributed by atoms with Gasteiger partial charge in [-0.05, 0) is 31.1 Å². The second-order valence-corrected chi connectivity index (χ2v) is 5.06. The number of rotatable bonds is 4. The average Bonchev–Trinajstić information content (AvgIpc) is 2.26. The minimum atomic E-state index is -0.269. The molecule has 2 heteroatoms. The molecule has 0 aromatic carbocycles. The number of ether oxygens (including phenoxy) is 1. The molecule has 0 aromatic rings. The molecule has 0 spiro atoms. The summed E-state index contributed by atoms with van der Waals surface area (Å²) >= 11 is 0.